The topological polar surface area (TPSA) is 50.2 Å². The van der Waals surface area contributed by atoms with E-state index < -0.39 is 0 Å². The van der Waals surface area contributed by atoms with Gasteiger partial charge < -0.3 is 5.32 Å². The minimum absolute atomic E-state index is 0.0278. The Hall–Kier alpha value is -2.14. The Morgan fingerprint density at radius 2 is 2.07 bits per heavy atom. The molecule has 144 valence electrons. The summed E-state index contributed by atoms with van der Waals surface area (Å²) in [6.45, 7) is 8.15. The SMILES string of the molecule is Cc1ccccc1-n1nc(C(=O)NCCN(C(C)C)C2CC2)c2c1CCC2. The number of fused-ring (bicyclic) bond motifs is 1. The van der Waals surface area contributed by atoms with Gasteiger partial charge in [-0.25, -0.2) is 4.68 Å². The van der Waals surface area contributed by atoms with Gasteiger partial charge in [0.05, 0.1) is 5.69 Å². The first-order valence-corrected chi connectivity index (χ1v) is 10.3. The average molecular weight is 367 g/mol. The standard InChI is InChI=1S/C22H30N4O/c1-15(2)25(17-11-12-17)14-13-23-22(27)21-18-8-6-10-20(18)26(24-21)19-9-5-4-7-16(19)3/h4-5,7,9,15,17H,6,8,10-14H2,1-3H3,(H,23,27). The zero-order valence-electron chi connectivity index (χ0n) is 16.7. The fourth-order valence-corrected chi connectivity index (χ4v) is 4.27. The quantitative estimate of drug-likeness (QED) is 0.818. The Kier molecular flexibility index (Phi) is 5.04. The van der Waals surface area contributed by atoms with Gasteiger partial charge in [-0.3, -0.25) is 9.69 Å². The van der Waals surface area contributed by atoms with Crippen LogP contribution in [0.4, 0.5) is 0 Å². The maximum absolute atomic E-state index is 12.9. The summed E-state index contributed by atoms with van der Waals surface area (Å²) in [4.78, 5) is 15.4. The van der Waals surface area contributed by atoms with Crippen LogP contribution >= 0.6 is 0 Å². The van der Waals surface area contributed by atoms with Crippen molar-refractivity contribution < 1.29 is 4.79 Å². The molecular weight excluding hydrogens is 336 g/mol. The number of carbonyl (C=O) groups excluding carboxylic acids is 1. The molecule has 1 amide bonds. The van der Waals surface area contributed by atoms with E-state index in [0.717, 1.165) is 37.1 Å². The normalized spacial score (nSPS) is 16.2. The maximum Gasteiger partial charge on any atom is 0.272 e. The lowest BCUT2D eigenvalue weighted by molar-refractivity contribution is 0.0937. The Bertz CT molecular complexity index is 833. The minimum Gasteiger partial charge on any atom is -0.349 e. The lowest BCUT2D eigenvalue weighted by atomic mass is 10.2. The largest absolute Gasteiger partial charge is 0.349 e. The highest BCUT2D eigenvalue weighted by Crippen LogP contribution is 2.29. The number of amides is 1. The highest BCUT2D eigenvalue weighted by atomic mass is 16.2. The molecule has 0 saturated heterocycles. The van der Waals surface area contributed by atoms with Crippen LogP contribution < -0.4 is 5.32 Å². The molecule has 0 aliphatic heterocycles. The fraction of sp³-hybridized carbons (Fsp3) is 0.545. The minimum atomic E-state index is -0.0278. The second-order valence-corrected chi connectivity index (χ2v) is 8.14. The number of benzene rings is 1. The molecule has 5 heteroatoms. The molecule has 0 unspecified atom stereocenters. The average Bonchev–Trinajstić information content (AvgIpc) is 3.24. The molecule has 1 fully saturated rings. The van der Waals surface area contributed by atoms with Crippen molar-refractivity contribution in [2.45, 2.75) is 65.0 Å². The van der Waals surface area contributed by atoms with Crippen molar-refractivity contribution >= 4 is 5.91 Å². The van der Waals surface area contributed by atoms with Crippen LogP contribution in [0.2, 0.25) is 0 Å². The Balaban J connectivity index is 1.50. The molecule has 0 bridgehead atoms. The van der Waals surface area contributed by atoms with Crippen LogP contribution in [0.25, 0.3) is 5.69 Å². The summed E-state index contributed by atoms with van der Waals surface area (Å²) in [5, 5.41) is 7.85. The van der Waals surface area contributed by atoms with Crippen molar-refractivity contribution in [1.29, 1.82) is 0 Å². The van der Waals surface area contributed by atoms with E-state index in [4.69, 9.17) is 5.10 Å². The lowest BCUT2D eigenvalue weighted by Crippen LogP contribution is -2.40. The van der Waals surface area contributed by atoms with Gasteiger partial charge in [0.1, 0.15) is 0 Å². The van der Waals surface area contributed by atoms with Crippen molar-refractivity contribution in [1.82, 2.24) is 20.0 Å². The van der Waals surface area contributed by atoms with E-state index in [1.807, 2.05) is 16.8 Å². The van der Waals surface area contributed by atoms with E-state index in [1.54, 1.807) is 0 Å². The summed E-state index contributed by atoms with van der Waals surface area (Å²) in [7, 11) is 0. The number of carbonyl (C=O) groups is 1. The number of nitrogens with zero attached hydrogens (tertiary/aromatic N) is 3. The summed E-state index contributed by atoms with van der Waals surface area (Å²) >= 11 is 0. The molecule has 1 aromatic carbocycles. The first-order valence-electron chi connectivity index (χ1n) is 10.3. The zero-order valence-corrected chi connectivity index (χ0v) is 16.7. The van der Waals surface area contributed by atoms with E-state index in [0.29, 0.717) is 24.3 Å². The van der Waals surface area contributed by atoms with Crippen LogP contribution in [0.15, 0.2) is 24.3 Å². The van der Waals surface area contributed by atoms with E-state index >= 15 is 0 Å². The van der Waals surface area contributed by atoms with Gasteiger partial charge in [-0.05, 0) is 64.5 Å². The van der Waals surface area contributed by atoms with Crippen LogP contribution in [0.3, 0.4) is 0 Å². The number of rotatable bonds is 7. The summed E-state index contributed by atoms with van der Waals surface area (Å²) in [6.07, 6.45) is 5.63. The predicted octanol–water partition coefficient (Wildman–Crippen LogP) is 3.27. The van der Waals surface area contributed by atoms with Gasteiger partial charge in [-0.2, -0.15) is 5.10 Å². The third kappa shape index (κ3) is 3.65. The van der Waals surface area contributed by atoms with Crippen LogP contribution in [0.5, 0.6) is 0 Å². The number of nitrogens with one attached hydrogen (secondary N) is 1. The Morgan fingerprint density at radius 3 is 2.78 bits per heavy atom. The van der Waals surface area contributed by atoms with Crippen molar-refractivity contribution in [3.8, 4) is 5.69 Å². The fourth-order valence-electron chi connectivity index (χ4n) is 4.27. The molecule has 2 aliphatic rings. The number of para-hydroxylation sites is 1. The first kappa shape index (κ1) is 18.2. The zero-order chi connectivity index (χ0) is 19.0. The van der Waals surface area contributed by atoms with Gasteiger partial charge in [0.2, 0.25) is 0 Å². The van der Waals surface area contributed by atoms with E-state index in [1.165, 1.54) is 24.1 Å². The maximum atomic E-state index is 12.9. The molecule has 5 nitrogen and oxygen atoms in total. The predicted molar refractivity (Wildman–Crippen MR) is 108 cm³/mol. The molecule has 2 aliphatic carbocycles. The second-order valence-electron chi connectivity index (χ2n) is 8.14. The van der Waals surface area contributed by atoms with Crippen LogP contribution in [-0.2, 0) is 12.8 Å². The van der Waals surface area contributed by atoms with E-state index in [2.05, 4.69) is 43.1 Å². The molecule has 0 atom stereocenters. The molecule has 27 heavy (non-hydrogen) atoms. The Morgan fingerprint density at radius 1 is 1.30 bits per heavy atom. The summed E-state index contributed by atoms with van der Waals surface area (Å²) < 4.78 is 2.00. The molecule has 0 spiro atoms. The Labute approximate surface area is 161 Å². The number of hydrogen-bond acceptors (Lipinski definition) is 3. The number of aromatic nitrogens is 2. The molecule has 0 radical (unpaired) electrons. The van der Waals surface area contributed by atoms with Gasteiger partial charge in [0.25, 0.3) is 5.91 Å². The number of hydrogen-bond donors (Lipinski definition) is 1. The highest BCUT2D eigenvalue weighted by Gasteiger charge is 2.31. The molecule has 1 N–H and O–H groups in total. The van der Waals surface area contributed by atoms with Gasteiger partial charge in [0, 0.05) is 36.4 Å². The molecule has 2 aromatic rings. The molecule has 4 rings (SSSR count). The smallest absolute Gasteiger partial charge is 0.272 e. The van der Waals surface area contributed by atoms with Crippen molar-refractivity contribution in [3.63, 3.8) is 0 Å². The van der Waals surface area contributed by atoms with E-state index in [9.17, 15) is 4.79 Å². The molecule has 1 aromatic heterocycles. The first-order chi connectivity index (χ1) is 13.1. The van der Waals surface area contributed by atoms with Crippen molar-refractivity contribution in [2.75, 3.05) is 13.1 Å². The third-order valence-electron chi connectivity index (χ3n) is 5.82. The molecular formula is C22H30N4O. The summed E-state index contributed by atoms with van der Waals surface area (Å²) in [6, 6.07) is 9.49. The molecule has 1 saturated carbocycles. The second kappa shape index (κ2) is 7.47. The summed E-state index contributed by atoms with van der Waals surface area (Å²) in [5.41, 5.74) is 5.22. The van der Waals surface area contributed by atoms with Crippen LogP contribution in [0.1, 0.15) is 60.4 Å². The van der Waals surface area contributed by atoms with Gasteiger partial charge in [0.15, 0.2) is 5.69 Å². The van der Waals surface area contributed by atoms with Gasteiger partial charge in [-0.15, -0.1) is 0 Å². The molecule has 1 heterocycles. The van der Waals surface area contributed by atoms with Crippen molar-refractivity contribution in [2.24, 2.45) is 0 Å². The lowest BCUT2D eigenvalue weighted by Gasteiger charge is -2.26. The third-order valence-corrected chi connectivity index (χ3v) is 5.82. The highest BCUT2D eigenvalue weighted by molar-refractivity contribution is 5.94. The summed E-state index contributed by atoms with van der Waals surface area (Å²) in [5.74, 6) is -0.0278. The number of aryl methyl sites for hydroxylation is 1. The van der Waals surface area contributed by atoms with Crippen LogP contribution in [-0.4, -0.2) is 45.8 Å². The van der Waals surface area contributed by atoms with Crippen molar-refractivity contribution in [3.05, 3.63) is 46.8 Å². The van der Waals surface area contributed by atoms with Crippen LogP contribution in [0, 0.1) is 6.92 Å². The van der Waals surface area contributed by atoms with E-state index in [-0.39, 0.29) is 5.91 Å². The van der Waals surface area contributed by atoms with Gasteiger partial charge >= 0.3 is 0 Å². The monoisotopic (exact) mass is 366 g/mol. The van der Waals surface area contributed by atoms with Gasteiger partial charge in [-0.1, -0.05) is 18.2 Å².